The number of rotatable bonds is 3. The predicted octanol–water partition coefficient (Wildman–Crippen LogP) is 0.861. The average Bonchev–Trinajstić information content (AvgIpc) is 2.73. The van der Waals surface area contributed by atoms with Gasteiger partial charge in [0.15, 0.2) is 0 Å². The Morgan fingerprint density at radius 3 is 2.76 bits per heavy atom. The summed E-state index contributed by atoms with van der Waals surface area (Å²) >= 11 is 5.84. The maximum absolute atomic E-state index is 9.15. The average molecular weight is 257 g/mol. The minimum Gasteiger partial charge on any atom is -0.462 e. The van der Waals surface area contributed by atoms with E-state index >= 15 is 0 Å². The van der Waals surface area contributed by atoms with Crippen LogP contribution in [0.15, 0.2) is 29.3 Å². The van der Waals surface area contributed by atoms with E-state index in [-0.39, 0.29) is 25.8 Å². The third kappa shape index (κ3) is 2.69. The van der Waals surface area contributed by atoms with E-state index in [1.54, 1.807) is 18.2 Å². The Hall–Kier alpha value is -1.30. The Morgan fingerprint density at radius 1 is 1.41 bits per heavy atom. The standard InChI is InChI=1S/C11H13ClN2O3/c12-8-2-1-3-9(4-8)13-10-14-11(5-15,6-16)7-17-10/h1-4,15-16H,5-7H2,(H,13,14). The Labute approximate surface area is 104 Å². The summed E-state index contributed by atoms with van der Waals surface area (Å²) in [4.78, 5) is 4.12. The fraction of sp³-hybridized carbons (Fsp3) is 0.364. The van der Waals surface area contributed by atoms with Gasteiger partial charge in [0, 0.05) is 10.7 Å². The summed E-state index contributed by atoms with van der Waals surface area (Å²) in [5, 5.41) is 21.8. The van der Waals surface area contributed by atoms with E-state index < -0.39 is 5.54 Å². The number of aliphatic imine (C=N–C) groups is 1. The molecule has 92 valence electrons. The number of aliphatic hydroxyl groups is 2. The zero-order valence-corrected chi connectivity index (χ0v) is 9.81. The second kappa shape index (κ2) is 4.91. The minimum atomic E-state index is -0.944. The molecule has 3 N–H and O–H groups in total. The molecular weight excluding hydrogens is 244 g/mol. The van der Waals surface area contributed by atoms with Gasteiger partial charge in [-0.1, -0.05) is 17.7 Å². The molecule has 0 aromatic heterocycles. The van der Waals surface area contributed by atoms with Gasteiger partial charge in [0.1, 0.15) is 12.1 Å². The van der Waals surface area contributed by atoms with Crippen LogP contribution in [0.3, 0.4) is 0 Å². The van der Waals surface area contributed by atoms with Crippen molar-refractivity contribution in [3.8, 4) is 0 Å². The molecule has 0 spiro atoms. The molecule has 0 amide bonds. The molecule has 1 heterocycles. The highest BCUT2D eigenvalue weighted by molar-refractivity contribution is 6.30. The number of halogens is 1. The van der Waals surface area contributed by atoms with Crippen LogP contribution < -0.4 is 5.32 Å². The van der Waals surface area contributed by atoms with Gasteiger partial charge in [-0.2, -0.15) is 0 Å². The number of aliphatic hydroxyl groups excluding tert-OH is 2. The number of nitrogens with zero attached hydrogens (tertiary/aromatic N) is 1. The van der Waals surface area contributed by atoms with Crippen molar-refractivity contribution in [1.29, 1.82) is 0 Å². The Bertz CT molecular complexity index is 432. The highest BCUT2D eigenvalue weighted by Gasteiger charge is 2.35. The van der Waals surface area contributed by atoms with Crippen molar-refractivity contribution in [1.82, 2.24) is 0 Å². The maximum atomic E-state index is 9.15. The summed E-state index contributed by atoms with van der Waals surface area (Å²) in [6.45, 7) is -0.364. The number of hydrogen-bond acceptors (Lipinski definition) is 5. The van der Waals surface area contributed by atoms with Crippen molar-refractivity contribution in [3.05, 3.63) is 29.3 Å². The van der Waals surface area contributed by atoms with Gasteiger partial charge in [-0.05, 0) is 18.2 Å². The van der Waals surface area contributed by atoms with Gasteiger partial charge in [0.05, 0.1) is 13.2 Å². The van der Waals surface area contributed by atoms with Crippen LogP contribution >= 0.6 is 11.6 Å². The Morgan fingerprint density at radius 2 is 2.18 bits per heavy atom. The molecule has 5 nitrogen and oxygen atoms in total. The molecule has 1 aromatic carbocycles. The molecule has 0 atom stereocenters. The van der Waals surface area contributed by atoms with E-state index in [0.717, 1.165) is 5.69 Å². The maximum Gasteiger partial charge on any atom is 0.290 e. The third-order valence-corrected chi connectivity index (χ3v) is 2.72. The van der Waals surface area contributed by atoms with E-state index in [2.05, 4.69) is 10.3 Å². The summed E-state index contributed by atoms with van der Waals surface area (Å²) in [6, 6.07) is 7.37. The van der Waals surface area contributed by atoms with Gasteiger partial charge in [0.2, 0.25) is 0 Å². The molecular formula is C11H13ClN2O3. The molecule has 0 unspecified atom stereocenters. The van der Waals surface area contributed by atoms with Gasteiger partial charge in [-0.25, -0.2) is 4.99 Å². The first-order chi connectivity index (χ1) is 8.17. The second-order valence-electron chi connectivity index (χ2n) is 3.88. The molecule has 0 radical (unpaired) electrons. The quantitative estimate of drug-likeness (QED) is 0.750. The van der Waals surface area contributed by atoms with Gasteiger partial charge < -0.3 is 20.3 Å². The minimum absolute atomic E-state index is 0.156. The highest BCUT2D eigenvalue weighted by atomic mass is 35.5. The van der Waals surface area contributed by atoms with Crippen LogP contribution in [0.25, 0.3) is 0 Å². The lowest BCUT2D eigenvalue weighted by atomic mass is 10.1. The van der Waals surface area contributed by atoms with E-state index in [1.807, 2.05) is 6.07 Å². The molecule has 17 heavy (non-hydrogen) atoms. The lowest BCUT2D eigenvalue weighted by Crippen LogP contribution is -2.37. The van der Waals surface area contributed by atoms with Crippen molar-refractivity contribution in [2.75, 3.05) is 25.1 Å². The molecule has 2 rings (SSSR count). The molecule has 0 bridgehead atoms. The van der Waals surface area contributed by atoms with E-state index in [0.29, 0.717) is 5.02 Å². The van der Waals surface area contributed by atoms with Crippen LogP contribution in [-0.4, -0.2) is 41.6 Å². The molecule has 0 saturated carbocycles. The SMILES string of the molecule is OCC1(CO)COC(Nc2cccc(Cl)c2)=N1. The number of nitrogens with one attached hydrogen (secondary N) is 1. The number of ether oxygens (including phenoxy) is 1. The van der Waals surface area contributed by atoms with Gasteiger partial charge >= 0.3 is 0 Å². The van der Waals surface area contributed by atoms with Gasteiger partial charge in [-0.15, -0.1) is 0 Å². The lowest BCUT2D eigenvalue weighted by Gasteiger charge is -2.16. The molecule has 1 aliphatic rings. The lowest BCUT2D eigenvalue weighted by molar-refractivity contribution is 0.0976. The summed E-state index contributed by atoms with van der Waals surface area (Å²) in [5.41, 5.74) is -0.205. The van der Waals surface area contributed by atoms with Crippen LogP contribution in [0.4, 0.5) is 5.69 Å². The van der Waals surface area contributed by atoms with Gasteiger partial charge in [-0.3, -0.25) is 0 Å². The monoisotopic (exact) mass is 256 g/mol. The van der Waals surface area contributed by atoms with Crippen molar-refractivity contribution in [2.45, 2.75) is 5.54 Å². The van der Waals surface area contributed by atoms with E-state index in [4.69, 9.17) is 26.6 Å². The molecule has 6 heteroatoms. The van der Waals surface area contributed by atoms with Crippen LogP contribution in [0.1, 0.15) is 0 Å². The highest BCUT2D eigenvalue weighted by Crippen LogP contribution is 2.20. The van der Waals surface area contributed by atoms with Crippen LogP contribution in [0.5, 0.6) is 0 Å². The van der Waals surface area contributed by atoms with E-state index in [1.165, 1.54) is 0 Å². The summed E-state index contributed by atoms with van der Waals surface area (Å²) in [7, 11) is 0. The van der Waals surface area contributed by atoms with Crippen LogP contribution in [0, 0.1) is 0 Å². The molecule has 1 aliphatic heterocycles. The predicted molar refractivity (Wildman–Crippen MR) is 65.4 cm³/mol. The molecule has 1 aromatic rings. The van der Waals surface area contributed by atoms with Crippen molar-refractivity contribution in [2.24, 2.45) is 4.99 Å². The summed E-state index contributed by atoms with van der Waals surface area (Å²) in [5.74, 6) is 0. The van der Waals surface area contributed by atoms with Crippen molar-refractivity contribution >= 4 is 23.3 Å². The normalized spacial score (nSPS) is 17.5. The first-order valence-corrected chi connectivity index (χ1v) is 5.52. The summed E-state index contributed by atoms with van der Waals surface area (Å²) in [6.07, 6.45) is 0. The zero-order chi connectivity index (χ0) is 12.3. The second-order valence-corrected chi connectivity index (χ2v) is 4.32. The van der Waals surface area contributed by atoms with E-state index in [9.17, 15) is 0 Å². The fourth-order valence-corrected chi connectivity index (χ4v) is 1.64. The largest absolute Gasteiger partial charge is 0.462 e. The number of hydrogen-bond donors (Lipinski definition) is 3. The van der Waals surface area contributed by atoms with Crippen molar-refractivity contribution in [3.63, 3.8) is 0 Å². The van der Waals surface area contributed by atoms with Crippen molar-refractivity contribution < 1.29 is 14.9 Å². The first kappa shape index (κ1) is 12.2. The third-order valence-electron chi connectivity index (χ3n) is 2.48. The Balaban J connectivity index is 2.11. The molecule has 0 fully saturated rings. The summed E-state index contributed by atoms with van der Waals surface area (Å²) < 4.78 is 5.27. The Kier molecular flexibility index (Phi) is 3.51. The molecule has 0 aliphatic carbocycles. The number of amidine groups is 1. The first-order valence-electron chi connectivity index (χ1n) is 5.14. The zero-order valence-electron chi connectivity index (χ0n) is 9.06. The molecule has 0 saturated heterocycles. The number of benzene rings is 1. The van der Waals surface area contributed by atoms with Crippen LogP contribution in [-0.2, 0) is 4.74 Å². The van der Waals surface area contributed by atoms with Gasteiger partial charge in [0.25, 0.3) is 6.02 Å². The smallest absolute Gasteiger partial charge is 0.290 e. The topological polar surface area (TPSA) is 74.1 Å². The fourth-order valence-electron chi connectivity index (χ4n) is 1.45. The number of anilines is 1. The van der Waals surface area contributed by atoms with Crippen LogP contribution in [0.2, 0.25) is 5.02 Å².